The molecule has 0 aromatic carbocycles. The monoisotopic (exact) mass is 256 g/mol. The number of nitrogens with zero attached hydrogens (tertiary/aromatic N) is 1. The quantitative estimate of drug-likeness (QED) is 0.904. The molecule has 2 N–H and O–H groups in total. The van der Waals surface area contributed by atoms with Gasteiger partial charge in [0.15, 0.2) is 0 Å². The van der Waals surface area contributed by atoms with E-state index in [1.807, 2.05) is 25.3 Å². The number of aromatic nitrogens is 1. The summed E-state index contributed by atoms with van der Waals surface area (Å²) in [4.78, 5) is 4.39. The van der Waals surface area contributed by atoms with E-state index in [0.29, 0.717) is 11.8 Å². The first kappa shape index (κ1) is 11.7. The topological polar surface area (TPSA) is 38.9 Å². The van der Waals surface area contributed by atoms with Crippen LogP contribution < -0.4 is 5.73 Å². The van der Waals surface area contributed by atoms with E-state index >= 15 is 0 Å². The van der Waals surface area contributed by atoms with Crippen LogP contribution in [0.25, 0.3) is 0 Å². The van der Waals surface area contributed by atoms with Crippen LogP contribution >= 0.6 is 15.9 Å². The summed E-state index contributed by atoms with van der Waals surface area (Å²) in [5.74, 6) is 0.812. The van der Waals surface area contributed by atoms with Gasteiger partial charge in [-0.15, -0.1) is 0 Å². The molecule has 14 heavy (non-hydrogen) atoms. The molecule has 0 amide bonds. The van der Waals surface area contributed by atoms with Crippen LogP contribution in [0.1, 0.15) is 32.4 Å². The van der Waals surface area contributed by atoms with E-state index in [9.17, 15) is 0 Å². The van der Waals surface area contributed by atoms with Crippen LogP contribution in [0.5, 0.6) is 0 Å². The molecular formula is C11H17BrN2. The van der Waals surface area contributed by atoms with Crippen LogP contribution in [0.4, 0.5) is 0 Å². The minimum absolute atomic E-state index is 0.126. The molecule has 1 heterocycles. The molecule has 2 atom stereocenters. The fraction of sp³-hybridized carbons (Fsp3) is 0.545. The van der Waals surface area contributed by atoms with Gasteiger partial charge < -0.3 is 5.73 Å². The summed E-state index contributed by atoms with van der Waals surface area (Å²) in [6.45, 7) is 6.38. The van der Waals surface area contributed by atoms with Crippen LogP contribution in [0.2, 0.25) is 0 Å². The van der Waals surface area contributed by atoms with Gasteiger partial charge in [0, 0.05) is 22.6 Å². The van der Waals surface area contributed by atoms with Crippen LogP contribution in [0, 0.1) is 5.92 Å². The second-order valence-electron chi connectivity index (χ2n) is 4.00. The highest BCUT2D eigenvalue weighted by molar-refractivity contribution is 9.10. The molecule has 0 aliphatic carbocycles. The molecule has 2 nitrogen and oxygen atoms in total. The molecule has 0 aliphatic heterocycles. The predicted octanol–water partition coefficient (Wildman–Crippen LogP) is 2.93. The average Bonchev–Trinajstić information content (AvgIpc) is 2.07. The van der Waals surface area contributed by atoms with E-state index < -0.39 is 0 Å². The molecule has 3 heteroatoms. The lowest BCUT2D eigenvalue weighted by Crippen LogP contribution is -2.29. The number of hydrogen-bond donors (Lipinski definition) is 1. The van der Waals surface area contributed by atoms with E-state index in [0.717, 1.165) is 10.2 Å². The third-order valence-electron chi connectivity index (χ3n) is 2.39. The van der Waals surface area contributed by atoms with Crippen molar-refractivity contribution in [2.24, 2.45) is 11.7 Å². The van der Waals surface area contributed by atoms with Crippen molar-refractivity contribution in [2.45, 2.75) is 32.7 Å². The Labute approximate surface area is 94.0 Å². The summed E-state index contributed by atoms with van der Waals surface area (Å²) >= 11 is 3.52. The molecule has 1 rings (SSSR count). The van der Waals surface area contributed by atoms with Crippen molar-refractivity contribution < 1.29 is 0 Å². The molecule has 78 valence electrons. The van der Waals surface area contributed by atoms with Crippen molar-refractivity contribution in [3.63, 3.8) is 0 Å². The maximum absolute atomic E-state index is 5.98. The highest BCUT2D eigenvalue weighted by Gasteiger charge is 2.23. The summed E-state index contributed by atoms with van der Waals surface area (Å²) in [5, 5.41) is 0. The van der Waals surface area contributed by atoms with Gasteiger partial charge in [-0.2, -0.15) is 0 Å². The summed E-state index contributed by atoms with van der Waals surface area (Å²) in [7, 11) is 0. The van der Waals surface area contributed by atoms with E-state index in [-0.39, 0.29) is 6.04 Å². The Hall–Kier alpha value is -0.410. The van der Waals surface area contributed by atoms with Crippen LogP contribution in [-0.4, -0.2) is 11.0 Å². The van der Waals surface area contributed by atoms with Crippen molar-refractivity contribution >= 4 is 15.9 Å². The lowest BCUT2D eigenvalue weighted by atomic mass is 9.86. The van der Waals surface area contributed by atoms with Gasteiger partial charge in [0.1, 0.15) is 0 Å². The second kappa shape index (κ2) is 4.89. The van der Waals surface area contributed by atoms with E-state index in [2.05, 4.69) is 34.8 Å². The number of halogens is 1. The Balaban J connectivity index is 3.05. The third kappa shape index (κ3) is 2.55. The molecule has 0 saturated carbocycles. The molecule has 1 aromatic heterocycles. The Morgan fingerprint density at radius 2 is 2.00 bits per heavy atom. The lowest BCUT2D eigenvalue weighted by molar-refractivity contribution is 0.425. The Kier molecular flexibility index (Phi) is 4.08. The Bertz CT molecular complexity index is 289. The molecule has 1 aromatic rings. The molecule has 0 radical (unpaired) electrons. The number of rotatable bonds is 3. The standard InChI is InChI=1S/C11H17BrN2/c1-7(2)10(8(3)13)11-9(12)5-4-6-14-11/h4-8,10H,13H2,1-3H3. The normalized spacial score (nSPS) is 15.6. The Morgan fingerprint density at radius 3 is 2.43 bits per heavy atom. The maximum atomic E-state index is 5.98. The first-order valence-electron chi connectivity index (χ1n) is 4.90. The van der Waals surface area contributed by atoms with Crippen molar-refractivity contribution in [2.75, 3.05) is 0 Å². The predicted molar refractivity (Wildman–Crippen MR) is 63.2 cm³/mol. The maximum Gasteiger partial charge on any atom is 0.0594 e. The number of pyridine rings is 1. The summed E-state index contributed by atoms with van der Waals surface area (Å²) in [6, 6.07) is 4.06. The first-order valence-corrected chi connectivity index (χ1v) is 5.69. The smallest absolute Gasteiger partial charge is 0.0594 e. The fourth-order valence-corrected chi connectivity index (χ4v) is 2.33. The lowest BCUT2D eigenvalue weighted by Gasteiger charge is -2.24. The fourth-order valence-electron chi connectivity index (χ4n) is 1.82. The average molecular weight is 257 g/mol. The van der Waals surface area contributed by atoms with Gasteiger partial charge in [0.2, 0.25) is 0 Å². The van der Waals surface area contributed by atoms with E-state index in [4.69, 9.17) is 5.73 Å². The largest absolute Gasteiger partial charge is 0.327 e. The van der Waals surface area contributed by atoms with Crippen molar-refractivity contribution in [3.8, 4) is 0 Å². The van der Waals surface area contributed by atoms with Crippen LogP contribution in [0.3, 0.4) is 0 Å². The molecule has 0 bridgehead atoms. The molecule has 0 aliphatic rings. The van der Waals surface area contributed by atoms with Gasteiger partial charge in [-0.3, -0.25) is 4.98 Å². The van der Waals surface area contributed by atoms with Gasteiger partial charge >= 0.3 is 0 Å². The first-order chi connectivity index (χ1) is 6.54. The van der Waals surface area contributed by atoms with Gasteiger partial charge in [-0.1, -0.05) is 13.8 Å². The van der Waals surface area contributed by atoms with Crippen molar-refractivity contribution in [1.29, 1.82) is 0 Å². The zero-order valence-electron chi connectivity index (χ0n) is 8.87. The van der Waals surface area contributed by atoms with Crippen molar-refractivity contribution in [3.05, 3.63) is 28.5 Å². The number of hydrogen-bond acceptors (Lipinski definition) is 2. The minimum atomic E-state index is 0.126. The number of nitrogens with two attached hydrogens (primary N) is 1. The van der Waals surface area contributed by atoms with Gasteiger partial charge in [-0.05, 0) is 40.9 Å². The highest BCUT2D eigenvalue weighted by Crippen LogP contribution is 2.30. The molecule has 0 spiro atoms. The molecule has 2 unspecified atom stereocenters. The van der Waals surface area contributed by atoms with E-state index in [1.54, 1.807) is 0 Å². The molecule has 0 fully saturated rings. The zero-order chi connectivity index (χ0) is 10.7. The third-order valence-corrected chi connectivity index (χ3v) is 3.06. The summed E-state index contributed by atoms with van der Waals surface area (Å²) in [5.41, 5.74) is 7.04. The highest BCUT2D eigenvalue weighted by atomic mass is 79.9. The SMILES string of the molecule is CC(C)C(c1ncccc1Br)C(C)N. The van der Waals surface area contributed by atoms with Crippen LogP contribution in [0.15, 0.2) is 22.8 Å². The van der Waals surface area contributed by atoms with Crippen LogP contribution in [-0.2, 0) is 0 Å². The summed E-state index contributed by atoms with van der Waals surface area (Å²) < 4.78 is 1.05. The summed E-state index contributed by atoms with van der Waals surface area (Å²) in [6.07, 6.45) is 1.82. The van der Waals surface area contributed by atoms with Crippen molar-refractivity contribution in [1.82, 2.24) is 4.98 Å². The van der Waals surface area contributed by atoms with Gasteiger partial charge in [-0.25, -0.2) is 0 Å². The minimum Gasteiger partial charge on any atom is -0.327 e. The van der Waals surface area contributed by atoms with E-state index in [1.165, 1.54) is 0 Å². The second-order valence-corrected chi connectivity index (χ2v) is 4.85. The molecular weight excluding hydrogens is 240 g/mol. The van der Waals surface area contributed by atoms with Gasteiger partial charge in [0.25, 0.3) is 0 Å². The zero-order valence-corrected chi connectivity index (χ0v) is 10.5. The van der Waals surface area contributed by atoms with Gasteiger partial charge in [0.05, 0.1) is 5.69 Å². The Morgan fingerprint density at radius 1 is 1.36 bits per heavy atom. The molecule has 0 saturated heterocycles.